The third kappa shape index (κ3) is 4.81. The summed E-state index contributed by atoms with van der Waals surface area (Å²) >= 11 is 0. The van der Waals surface area contributed by atoms with Crippen LogP contribution in [0, 0.1) is 5.92 Å². The van der Waals surface area contributed by atoms with E-state index in [0.717, 1.165) is 67.7 Å². The van der Waals surface area contributed by atoms with Crippen LogP contribution in [0.2, 0.25) is 0 Å². The molecule has 29 heavy (non-hydrogen) atoms. The van der Waals surface area contributed by atoms with Gasteiger partial charge < -0.3 is 18.9 Å². The Bertz CT molecular complexity index is 850. The number of nitrogens with zero attached hydrogens (tertiary/aromatic N) is 2. The monoisotopic (exact) mass is 400 g/mol. The van der Waals surface area contributed by atoms with Gasteiger partial charge in [-0.3, -0.25) is 9.59 Å². The Morgan fingerprint density at radius 1 is 1.14 bits per heavy atom. The molecule has 0 atom stereocenters. The van der Waals surface area contributed by atoms with Crippen LogP contribution in [0.3, 0.4) is 0 Å². The van der Waals surface area contributed by atoms with Crippen molar-refractivity contribution < 1.29 is 19.1 Å². The zero-order valence-corrected chi connectivity index (χ0v) is 17.8. The summed E-state index contributed by atoms with van der Waals surface area (Å²) in [4.78, 5) is 26.7. The van der Waals surface area contributed by atoms with E-state index in [1.54, 1.807) is 7.11 Å². The molecule has 3 rings (SSSR count). The molecule has 0 unspecified atom stereocenters. The number of fused-ring (bicyclic) bond motifs is 1. The standard InChI is InChI=1S/C23H32N2O4/c1-4-20(26)19-16-25(22-18(19)8-6-9-21(22)28-3)13-7-12-24-14-10-17(11-15-24)23(27)29-5-2/h6,8-9,16-17H,4-5,7,10-15H2,1-3H3. The molecule has 6 heteroatoms. The molecule has 0 spiro atoms. The Kier molecular flexibility index (Phi) is 7.31. The van der Waals surface area contributed by atoms with Crippen molar-refractivity contribution in [2.24, 2.45) is 5.92 Å². The molecule has 1 aromatic heterocycles. The van der Waals surface area contributed by atoms with Crippen LogP contribution < -0.4 is 4.74 Å². The number of hydrogen-bond donors (Lipinski definition) is 0. The molecule has 0 bridgehead atoms. The lowest BCUT2D eigenvalue weighted by atomic mass is 9.97. The summed E-state index contributed by atoms with van der Waals surface area (Å²) in [6.45, 7) is 7.86. The van der Waals surface area contributed by atoms with Gasteiger partial charge in [-0.05, 0) is 51.9 Å². The number of methoxy groups -OCH3 is 1. The lowest BCUT2D eigenvalue weighted by Crippen LogP contribution is -2.37. The summed E-state index contributed by atoms with van der Waals surface area (Å²) in [7, 11) is 1.67. The van der Waals surface area contributed by atoms with E-state index in [9.17, 15) is 9.59 Å². The first-order valence-corrected chi connectivity index (χ1v) is 10.7. The van der Waals surface area contributed by atoms with Crippen LogP contribution in [-0.4, -0.2) is 54.6 Å². The van der Waals surface area contributed by atoms with Crippen molar-refractivity contribution in [2.45, 2.75) is 46.1 Å². The van der Waals surface area contributed by atoms with Gasteiger partial charge in [0, 0.05) is 30.1 Å². The topological polar surface area (TPSA) is 60.8 Å². The molecule has 1 saturated heterocycles. The maximum absolute atomic E-state index is 12.4. The molecule has 2 aromatic rings. The van der Waals surface area contributed by atoms with Crippen molar-refractivity contribution in [3.8, 4) is 5.75 Å². The Balaban J connectivity index is 1.63. The number of carbonyl (C=O) groups excluding carboxylic acids is 2. The number of rotatable bonds is 9. The maximum Gasteiger partial charge on any atom is 0.309 e. The van der Waals surface area contributed by atoms with Gasteiger partial charge in [0.25, 0.3) is 0 Å². The van der Waals surface area contributed by atoms with E-state index in [0.29, 0.717) is 13.0 Å². The Hall–Kier alpha value is -2.34. The molecular formula is C23H32N2O4. The number of Topliss-reactive ketones (excluding diaryl/α,β-unsaturated/α-hetero) is 1. The van der Waals surface area contributed by atoms with Gasteiger partial charge in [-0.2, -0.15) is 0 Å². The van der Waals surface area contributed by atoms with E-state index in [2.05, 4.69) is 9.47 Å². The molecule has 0 aliphatic carbocycles. The van der Waals surface area contributed by atoms with Crippen molar-refractivity contribution >= 4 is 22.7 Å². The first kappa shape index (κ1) is 21.4. The lowest BCUT2D eigenvalue weighted by molar-refractivity contribution is -0.149. The van der Waals surface area contributed by atoms with E-state index in [1.807, 2.05) is 38.2 Å². The number of piperidine rings is 1. The second-order valence-corrected chi connectivity index (χ2v) is 7.59. The smallest absolute Gasteiger partial charge is 0.309 e. The van der Waals surface area contributed by atoms with E-state index in [-0.39, 0.29) is 17.7 Å². The minimum absolute atomic E-state index is 0.0477. The summed E-state index contributed by atoms with van der Waals surface area (Å²) in [5.74, 6) is 0.952. The van der Waals surface area contributed by atoms with Crippen molar-refractivity contribution in [1.82, 2.24) is 9.47 Å². The minimum Gasteiger partial charge on any atom is -0.495 e. The highest BCUT2D eigenvalue weighted by atomic mass is 16.5. The van der Waals surface area contributed by atoms with Gasteiger partial charge in [-0.15, -0.1) is 0 Å². The third-order valence-corrected chi connectivity index (χ3v) is 5.78. The highest BCUT2D eigenvalue weighted by Gasteiger charge is 2.25. The second kappa shape index (κ2) is 9.92. The number of para-hydroxylation sites is 1. The van der Waals surface area contributed by atoms with Crippen LogP contribution in [0.15, 0.2) is 24.4 Å². The first-order chi connectivity index (χ1) is 14.1. The number of ether oxygens (including phenoxy) is 2. The van der Waals surface area contributed by atoms with Crippen LogP contribution in [0.5, 0.6) is 5.75 Å². The SMILES string of the molecule is CCOC(=O)C1CCN(CCCn2cc(C(=O)CC)c3cccc(OC)c32)CC1. The average molecular weight is 401 g/mol. The summed E-state index contributed by atoms with van der Waals surface area (Å²) in [6.07, 6.45) is 5.19. The number of aryl methyl sites for hydroxylation is 1. The van der Waals surface area contributed by atoms with Gasteiger partial charge >= 0.3 is 5.97 Å². The van der Waals surface area contributed by atoms with Gasteiger partial charge in [0.1, 0.15) is 5.75 Å². The van der Waals surface area contributed by atoms with Crippen molar-refractivity contribution in [3.05, 3.63) is 30.0 Å². The highest BCUT2D eigenvalue weighted by Crippen LogP contribution is 2.31. The minimum atomic E-state index is -0.0498. The Morgan fingerprint density at radius 2 is 1.90 bits per heavy atom. The number of ketones is 1. The predicted molar refractivity (Wildman–Crippen MR) is 114 cm³/mol. The maximum atomic E-state index is 12.4. The van der Waals surface area contributed by atoms with Crippen LogP contribution in [0.1, 0.15) is 49.9 Å². The van der Waals surface area contributed by atoms with Gasteiger partial charge in [0.2, 0.25) is 0 Å². The van der Waals surface area contributed by atoms with Gasteiger partial charge in [-0.1, -0.05) is 19.1 Å². The first-order valence-electron chi connectivity index (χ1n) is 10.7. The van der Waals surface area contributed by atoms with Gasteiger partial charge in [-0.25, -0.2) is 0 Å². The summed E-state index contributed by atoms with van der Waals surface area (Å²) in [5, 5.41) is 0.964. The normalized spacial score (nSPS) is 15.6. The average Bonchev–Trinajstić information content (AvgIpc) is 3.12. The molecule has 0 radical (unpaired) electrons. The lowest BCUT2D eigenvalue weighted by Gasteiger charge is -2.30. The Labute approximate surface area is 172 Å². The number of benzene rings is 1. The fourth-order valence-electron chi connectivity index (χ4n) is 4.20. The van der Waals surface area contributed by atoms with E-state index < -0.39 is 0 Å². The fourth-order valence-corrected chi connectivity index (χ4v) is 4.20. The Morgan fingerprint density at radius 3 is 2.55 bits per heavy atom. The number of aromatic nitrogens is 1. The molecule has 0 saturated carbocycles. The van der Waals surface area contributed by atoms with Gasteiger partial charge in [0.05, 0.1) is 25.2 Å². The molecular weight excluding hydrogens is 368 g/mol. The quantitative estimate of drug-likeness (QED) is 0.472. The van der Waals surface area contributed by atoms with Crippen LogP contribution in [0.4, 0.5) is 0 Å². The summed E-state index contributed by atoms with van der Waals surface area (Å²) in [6, 6.07) is 5.88. The van der Waals surface area contributed by atoms with E-state index >= 15 is 0 Å². The highest BCUT2D eigenvalue weighted by molar-refractivity contribution is 6.09. The molecule has 1 aliphatic rings. The largest absolute Gasteiger partial charge is 0.495 e. The number of esters is 1. The molecule has 0 N–H and O–H groups in total. The van der Waals surface area contributed by atoms with Crippen LogP contribution in [-0.2, 0) is 16.1 Å². The molecule has 1 aliphatic heterocycles. The molecule has 1 aromatic carbocycles. The zero-order chi connectivity index (χ0) is 20.8. The molecule has 0 amide bonds. The van der Waals surface area contributed by atoms with E-state index in [4.69, 9.17) is 9.47 Å². The third-order valence-electron chi connectivity index (χ3n) is 5.78. The number of hydrogen-bond acceptors (Lipinski definition) is 5. The van der Waals surface area contributed by atoms with Crippen molar-refractivity contribution in [1.29, 1.82) is 0 Å². The molecule has 158 valence electrons. The van der Waals surface area contributed by atoms with Gasteiger partial charge in [0.15, 0.2) is 5.78 Å². The van der Waals surface area contributed by atoms with Crippen molar-refractivity contribution in [2.75, 3.05) is 33.4 Å². The predicted octanol–water partition coefficient (Wildman–Crippen LogP) is 3.91. The van der Waals surface area contributed by atoms with E-state index in [1.165, 1.54) is 0 Å². The van der Waals surface area contributed by atoms with Crippen molar-refractivity contribution in [3.63, 3.8) is 0 Å². The fraction of sp³-hybridized carbons (Fsp3) is 0.565. The number of likely N-dealkylation sites (tertiary alicyclic amines) is 1. The van der Waals surface area contributed by atoms with Crippen LogP contribution >= 0.6 is 0 Å². The summed E-state index contributed by atoms with van der Waals surface area (Å²) in [5.41, 5.74) is 1.77. The number of carbonyl (C=O) groups is 2. The van der Waals surface area contributed by atoms with Crippen LogP contribution in [0.25, 0.3) is 10.9 Å². The molecule has 2 heterocycles. The second-order valence-electron chi connectivity index (χ2n) is 7.59. The molecule has 6 nitrogen and oxygen atoms in total. The zero-order valence-electron chi connectivity index (χ0n) is 17.8. The molecule has 1 fully saturated rings. The summed E-state index contributed by atoms with van der Waals surface area (Å²) < 4.78 is 12.9.